The van der Waals surface area contributed by atoms with Gasteiger partial charge < -0.3 is 0 Å². The standard InChI is InChI=1S/C19H26O2P/c1-15-6-10-17(11-7-15)22(20,21-14-19(3,4)5)18-12-8-16(2)9-13-18/h6-13,20H,14H2,1-5H3/q+1. The summed E-state index contributed by atoms with van der Waals surface area (Å²) in [6, 6.07) is 16.0. The van der Waals surface area contributed by atoms with Crippen LogP contribution < -0.4 is 10.6 Å². The summed E-state index contributed by atoms with van der Waals surface area (Å²) >= 11 is 0. The van der Waals surface area contributed by atoms with Gasteiger partial charge in [0.25, 0.3) is 0 Å². The fourth-order valence-corrected chi connectivity index (χ4v) is 4.36. The average molecular weight is 317 g/mol. The first-order valence-corrected chi connectivity index (χ1v) is 9.27. The molecule has 118 valence electrons. The van der Waals surface area contributed by atoms with Gasteiger partial charge in [0.05, 0.1) is 6.61 Å². The van der Waals surface area contributed by atoms with Crippen LogP contribution in [0, 0.1) is 19.3 Å². The van der Waals surface area contributed by atoms with Crippen molar-refractivity contribution in [1.29, 1.82) is 0 Å². The lowest BCUT2D eigenvalue weighted by atomic mass is 9.99. The normalized spacial score (nSPS) is 12.5. The topological polar surface area (TPSA) is 29.5 Å². The average Bonchev–Trinajstić information content (AvgIpc) is 2.45. The molecule has 0 aliphatic heterocycles. The molecule has 0 heterocycles. The van der Waals surface area contributed by atoms with E-state index < -0.39 is 7.72 Å². The molecule has 0 spiro atoms. The number of aryl methyl sites for hydroxylation is 2. The largest absolute Gasteiger partial charge is 0.336 e. The van der Waals surface area contributed by atoms with E-state index in [2.05, 4.69) is 20.8 Å². The fraction of sp³-hybridized carbons (Fsp3) is 0.368. The molecule has 0 saturated heterocycles. The molecule has 2 nitrogen and oxygen atoms in total. The molecule has 2 rings (SSSR count). The predicted octanol–water partition coefficient (Wildman–Crippen LogP) is 4.16. The van der Waals surface area contributed by atoms with Gasteiger partial charge in [0.2, 0.25) is 0 Å². The molecule has 1 N–H and O–H groups in total. The van der Waals surface area contributed by atoms with Crippen molar-refractivity contribution in [2.45, 2.75) is 34.6 Å². The van der Waals surface area contributed by atoms with Crippen molar-refractivity contribution < 1.29 is 9.42 Å². The van der Waals surface area contributed by atoms with E-state index in [1.54, 1.807) is 0 Å². The maximum atomic E-state index is 11.4. The lowest BCUT2D eigenvalue weighted by molar-refractivity contribution is 0.196. The van der Waals surface area contributed by atoms with Crippen molar-refractivity contribution in [2.75, 3.05) is 6.61 Å². The van der Waals surface area contributed by atoms with E-state index in [0.29, 0.717) is 6.61 Å². The molecule has 0 fully saturated rings. The van der Waals surface area contributed by atoms with Gasteiger partial charge in [-0.05, 0) is 43.5 Å². The van der Waals surface area contributed by atoms with E-state index >= 15 is 0 Å². The first-order valence-electron chi connectivity index (χ1n) is 7.61. The second-order valence-corrected chi connectivity index (χ2v) is 9.52. The Labute approximate surface area is 134 Å². The van der Waals surface area contributed by atoms with Crippen molar-refractivity contribution in [1.82, 2.24) is 0 Å². The lowest BCUT2D eigenvalue weighted by Crippen LogP contribution is -2.27. The van der Waals surface area contributed by atoms with E-state index in [9.17, 15) is 4.89 Å². The Bertz CT molecular complexity index is 564. The highest BCUT2D eigenvalue weighted by Gasteiger charge is 2.45. The molecule has 0 radical (unpaired) electrons. The quantitative estimate of drug-likeness (QED) is 0.858. The summed E-state index contributed by atoms with van der Waals surface area (Å²) in [7, 11) is -2.81. The van der Waals surface area contributed by atoms with Crippen molar-refractivity contribution in [3.8, 4) is 0 Å². The van der Waals surface area contributed by atoms with Gasteiger partial charge in [-0.2, -0.15) is 4.52 Å². The highest BCUT2D eigenvalue weighted by Crippen LogP contribution is 2.54. The minimum absolute atomic E-state index is 0.00335. The maximum Gasteiger partial charge on any atom is 0.336 e. The van der Waals surface area contributed by atoms with Crippen LogP contribution in [0.15, 0.2) is 48.5 Å². The summed E-state index contributed by atoms with van der Waals surface area (Å²) < 4.78 is 6.11. The summed E-state index contributed by atoms with van der Waals surface area (Å²) in [5.41, 5.74) is 2.36. The third kappa shape index (κ3) is 4.16. The van der Waals surface area contributed by atoms with Crippen LogP contribution in [0.25, 0.3) is 0 Å². The predicted molar refractivity (Wildman–Crippen MR) is 96.2 cm³/mol. The van der Waals surface area contributed by atoms with E-state index in [1.807, 2.05) is 62.4 Å². The van der Waals surface area contributed by atoms with Gasteiger partial charge in [-0.1, -0.05) is 56.2 Å². The Morgan fingerprint density at radius 2 is 1.18 bits per heavy atom. The van der Waals surface area contributed by atoms with Crippen LogP contribution >= 0.6 is 7.72 Å². The monoisotopic (exact) mass is 317 g/mol. The van der Waals surface area contributed by atoms with Gasteiger partial charge >= 0.3 is 7.72 Å². The van der Waals surface area contributed by atoms with Gasteiger partial charge in [-0.3, -0.25) is 0 Å². The summed E-state index contributed by atoms with van der Waals surface area (Å²) in [5, 5.41) is 1.73. The van der Waals surface area contributed by atoms with Crippen LogP contribution in [-0.2, 0) is 4.52 Å². The Hall–Kier alpha value is -1.21. The zero-order valence-corrected chi connectivity index (χ0v) is 15.0. The molecule has 22 heavy (non-hydrogen) atoms. The molecule has 0 aliphatic carbocycles. The van der Waals surface area contributed by atoms with Gasteiger partial charge in [0.1, 0.15) is 0 Å². The first kappa shape index (κ1) is 17.1. The molecule has 2 aromatic rings. The molecule has 2 aromatic carbocycles. The third-order valence-corrected chi connectivity index (χ3v) is 5.95. The summed E-state index contributed by atoms with van der Waals surface area (Å²) in [4.78, 5) is 11.4. The van der Waals surface area contributed by atoms with Crippen molar-refractivity contribution in [2.24, 2.45) is 5.41 Å². The Kier molecular flexibility index (Phi) is 5.07. The highest BCUT2D eigenvalue weighted by atomic mass is 31.2. The first-order chi connectivity index (χ1) is 10.2. The molecule has 0 saturated carbocycles. The van der Waals surface area contributed by atoms with Crippen molar-refractivity contribution in [3.05, 3.63) is 59.7 Å². The minimum Gasteiger partial charge on any atom is -0.209 e. The smallest absolute Gasteiger partial charge is 0.209 e. The second-order valence-electron chi connectivity index (χ2n) is 7.08. The molecule has 0 unspecified atom stereocenters. The molecule has 0 atom stereocenters. The van der Waals surface area contributed by atoms with E-state index in [1.165, 1.54) is 11.1 Å². The number of rotatable bonds is 4. The van der Waals surface area contributed by atoms with E-state index in [-0.39, 0.29) is 5.41 Å². The van der Waals surface area contributed by atoms with Crippen LogP contribution in [-0.4, -0.2) is 11.5 Å². The highest BCUT2D eigenvalue weighted by molar-refractivity contribution is 7.80. The summed E-state index contributed by atoms with van der Waals surface area (Å²) in [6.07, 6.45) is 0. The molecule has 0 bridgehead atoms. The van der Waals surface area contributed by atoms with Gasteiger partial charge in [0.15, 0.2) is 10.6 Å². The Morgan fingerprint density at radius 3 is 1.50 bits per heavy atom. The van der Waals surface area contributed by atoms with Crippen LogP contribution in [0.2, 0.25) is 0 Å². The van der Waals surface area contributed by atoms with Gasteiger partial charge in [-0.25, -0.2) is 4.89 Å². The SMILES string of the molecule is Cc1ccc([P+](O)(OCC(C)(C)C)c2ccc(C)cc2)cc1. The summed E-state index contributed by atoms with van der Waals surface area (Å²) in [5.74, 6) is 0. The molecule has 0 aliphatic rings. The van der Waals surface area contributed by atoms with Gasteiger partial charge in [0, 0.05) is 0 Å². The van der Waals surface area contributed by atoms with Crippen LogP contribution in [0.5, 0.6) is 0 Å². The Morgan fingerprint density at radius 1 is 0.818 bits per heavy atom. The summed E-state index contributed by atoms with van der Waals surface area (Å²) in [6.45, 7) is 10.9. The van der Waals surface area contributed by atoms with Crippen LogP contribution in [0.4, 0.5) is 0 Å². The van der Waals surface area contributed by atoms with Crippen molar-refractivity contribution in [3.63, 3.8) is 0 Å². The number of hydrogen-bond acceptors (Lipinski definition) is 2. The molecular formula is C19H26O2P+. The fourth-order valence-electron chi connectivity index (χ4n) is 2.08. The molecule has 0 aromatic heterocycles. The molecule has 3 heteroatoms. The molecular weight excluding hydrogens is 291 g/mol. The molecule has 0 amide bonds. The maximum absolute atomic E-state index is 11.4. The van der Waals surface area contributed by atoms with Crippen LogP contribution in [0.3, 0.4) is 0 Å². The zero-order valence-electron chi connectivity index (χ0n) is 14.1. The van der Waals surface area contributed by atoms with Gasteiger partial charge in [-0.15, -0.1) is 0 Å². The van der Waals surface area contributed by atoms with Crippen LogP contribution in [0.1, 0.15) is 31.9 Å². The zero-order chi connectivity index (χ0) is 16.4. The van der Waals surface area contributed by atoms with E-state index in [0.717, 1.165) is 10.6 Å². The Balaban J connectivity index is 2.43. The van der Waals surface area contributed by atoms with E-state index in [4.69, 9.17) is 4.52 Å². The number of benzene rings is 2. The lowest BCUT2D eigenvalue weighted by Gasteiger charge is -2.23. The third-order valence-electron chi connectivity index (χ3n) is 3.45. The number of hydrogen-bond donors (Lipinski definition) is 1. The second kappa shape index (κ2) is 6.50. The minimum atomic E-state index is -2.81. The van der Waals surface area contributed by atoms with Crippen molar-refractivity contribution >= 4 is 18.3 Å².